The lowest BCUT2D eigenvalue weighted by molar-refractivity contribution is -0.122. The summed E-state index contributed by atoms with van der Waals surface area (Å²) in [6.45, 7) is 0.0393. The van der Waals surface area contributed by atoms with Gasteiger partial charge in [0.05, 0.1) is 17.8 Å². The Hall–Kier alpha value is -0.670. The molecule has 2 aliphatic rings. The molecule has 0 aromatic heterocycles. The number of sulfone groups is 1. The van der Waals surface area contributed by atoms with Crippen LogP contribution in [0.15, 0.2) is 0 Å². The molecule has 1 unspecified atom stereocenters. The maximum atomic E-state index is 12.0. The van der Waals surface area contributed by atoms with Crippen LogP contribution in [0, 0.1) is 0 Å². The molecule has 1 N–H and O–H groups in total. The highest BCUT2D eigenvalue weighted by Gasteiger charge is 2.36. The van der Waals surface area contributed by atoms with Crippen molar-refractivity contribution in [2.24, 2.45) is 0 Å². The Morgan fingerprint density at radius 1 is 1.17 bits per heavy atom. The van der Waals surface area contributed by atoms with Gasteiger partial charge in [-0.05, 0) is 19.3 Å². The van der Waals surface area contributed by atoms with E-state index in [1.165, 1.54) is 10.7 Å². The van der Waals surface area contributed by atoms with Gasteiger partial charge in [-0.2, -0.15) is 4.31 Å². The number of carbonyl (C=O) groups is 1. The fourth-order valence-corrected chi connectivity index (χ4v) is 6.35. The summed E-state index contributed by atoms with van der Waals surface area (Å²) >= 11 is 0. The second-order valence-electron chi connectivity index (χ2n) is 6.58. The summed E-state index contributed by atoms with van der Waals surface area (Å²) < 4.78 is 48.2. The number of nitrogens with zero attached hydrogens (tertiary/aromatic N) is 1. The minimum absolute atomic E-state index is 0.0119. The number of rotatable bonds is 6. The first-order valence-electron chi connectivity index (χ1n) is 8.14. The molecular formula is C14H26N2O5S2. The first-order valence-corrected chi connectivity index (χ1v) is 11.8. The van der Waals surface area contributed by atoms with Crippen LogP contribution in [0.4, 0.5) is 0 Å². The van der Waals surface area contributed by atoms with E-state index in [2.05, 4.69) is 5.32 Å². The Morgan fingerprint density at radius 3 is 2.35 bits per heavy atom. The highest BCUT2D eigenvalue weighted by atomic mass is 32.2. The molecule has 0 spiro atoms. The summed E-state index contributed by atoms with van der Waals surface area (Å²) in [4.78, 5) is 12.0. The van der Waals surface area contributed by atoms with Gasteiger partial charge >= 0.3 is 0 Å². The van der Waals surface area contributed by atoms with E-state index in [0.717, 1.165) is 31.9 Å². The summed E-state index contributed by atoms with van der Waals surface area (Å²) in [5, 5.41) is 2.95. The maximum Gasteiger partial charge on any atom is 0.221 e. The second-order valence-corrected chi connectivity index (χ2v) is 10.7. The lowest BCUT2D eigenvalue weighted by atomic mass is 9.95. The van der Waals surface area contributed by atoms with Crippen molar-refractivity contribution in [1.82, 2.24) is 9.62 Å². The number of hydrogen-bond donors (Lipinski definition) is 1. The van der Waals surface area contributed by atoms with Crippen LogP contribution < -0.4 is 5.32 Å². The van der Waals surface area contributed by atoms with Gasteiger partial charge in [0.1, 0.15) is 0 Å². The van der Waals surface area contributed by atoms with Crippen molar-refractivity contribution in [3.63, 3.8) is 0 Å². The van der Waals surface area contributed by atoms with E-state index in [1.807, 2.05) is 0 Å². The van der Waals surface area contributed by atoms with Gasteiger partial charge in [-0.15, -0.1) is 0 Å². The number of nitrogens with one attached hydrogen (secondary N) is 1. The largest absolute Gasteiger partial charge is 0.353 e. The summed E-state index contributed by atoms with van der Waals surface area (Å²) in [5.74, 6) is -0.297. The number of sulfonamides is 1. The van der Waals surface area contributed by atoms with Crippen molar-refractivity contribution in [1.29, 1.82) is 0 Å². The van der Waals surface area contributed by atoms with Gasteiger partial charge < -0.3 is 5.32 Å². The van der Waals surface area contributed by atoms with Crippen LogP contribution in [0.1, 0.15) is 44.9 Å². The molecule has 0 radical (unpaired) electrons. The molecule has 7 nitrogen and oxygen atoms in total. The van der Waals surface area contributed by atoms with E-state index in [4.69, 9.17) is 0 Å². The normalized spacial score (nSPS) is 25.6. The molecule has 1 saturated heterocycles. The predicted octanol–water partition coefficient (Wildman–Crippen LogP) is 0.274. The minimum atomic E-state index is -3.54. The fraction of sp³-hybridized carbons (Fsp3) is 0.929. The fourth-order valence-electron chi connectivity index (χ4n) is 3.38. The lowest BCUT2D eigenvalue weighted by Crippen LogP contribution is -2.43. The van der Waals surface area contributed by atoms with Gasteiger partial charge in [-0.1, -0.05) is 19.3 Å². The Kier molecular flexibility index (Phi) is 6.07. The quantitative estimate of drug-likeness (QED) is 0.727. The van der Waals surface area contributed by atoms with Crippen molar-refractivity contribution in [3.05, 3.63) is 0 Å². The molecule has 0 aromatic carbocycles. The maximum absolute atomic E-state index is 12.0. The molecule has 2 rings (SSSR count). The van der Waals surface area contributed by atoms with Gasteiger partial charge in [0.15, 0.2) is 9.84 Å². The molecule has 23 heavy (non-hydrogen) atoms. The summed E-state index contributed by atoms with van der Waals surface area (Å²) in [5.41, 5.74) is 0. The molecule has 1 aliphatic heterocycles. The van der Waals surface area contributed by atoms with Crippen molar-refractivity contribution in [3.8, 4) is 0 Å². The molecule has 1 amide bonds. The Labute approximate surface area is 138 Å². The Morgan fingerprint density at radius 2 is 1.83 bits per heavy atom. The molecule has 1 saturated carbocycles. The van der Waals surface area contributed by atoms with Gasteiger partial charge in [-0.25, -0.2) is 16.8 Å². The van der Waals surface area contributed by atoms with Crippen LogP contribution >= 0.6 is 0 Å². The highest BCUT2D eigenvalue weighted by molar-refractivity contribution is 7.92. The third-order valence-corrected chi connectivity index (χ3v) is 7.65. The van der Waals surface area contributed by atoms with Gasteiger partial charge in [0.2, 0.25) is 15.9 Å². The van der Waals surface area contributed by atoms with Crippen molar-refractivity contribution >= 4 is 25.8 Å². The summed E-state index contributed by atoms with van der Waals surface area (Å²) in [6, 6.07) is -0.354. The molecule has 134 valence electrons. The van der Waals surface area contributed by atoms with Crippen LogP contribution in [0.3, 0.4) is 0 Å². The lowest BCUT2D eigenvalue weighted by Gasteiger charge is -2.26. The minimum Gasteiger partial charge on any atom is -0.353 e. The van der Waals surface area contributed by atoms with E-state index < -0.39 is 25.9 Å². The number of amides is 1. The highest BCUT2D eigenvalue weighted by Crippen LogP contribution is 2.21. The van der Waals surface area contributed by atoms with Crippen LogP contribution in [0.25, 0.3) is 0 Å². The van der Waals surface area contributed by atoms with Gasteiger partial charge in [0, 0.05) is 25.0 Å². The summed E-state index contributed by atoms with van der Waals surface area (Å²) in [7, 11) is -6.71. The van der Waals surface area contributed by atoms with Crippen molar-refractivity contribution in [2.45, 2.75) is 57.0 Å². The second kappa shape index (κ2) is 7.48. The third kappa shape index (κ3) is 5.72. The topological polar surface area (TPSA) is 101 Å². The molecule has 2 fully saturated rings. The van der Waals surface area contributed by atoms with E-state index in [1.54, 1.807) is 0 Å². The van der Waals surface area contributed by atoms with Crippen molar-refractivity contribution < 1.29 is 21.6 Å². The SMILES string of the molecule is CS(=O)(=O)N(CCC(=O)NC1CCCCC1)C1CCS(=O)(=O)C1. The van der Waals surface area contributed by atoms with Crippen LogP contribution in [-0.4, -0.2) is 63.4 Å². The number of hydrogen-bond acceptors (Lipinski definition) is 5. The molecule has 0 aromatic rings. The predicted molar refractivity (Wildman–Crippen MR) is 88.2 cm³/mol. The van der Waals surface area contributed by atoms with Gasteiger partial charge in [-0.3, -0.25) is 4.79 Å². The third-order valence-electron chi connectivity index (χ3n) is 4.57. The average molecular weight is 367 g/mol. The molecular weight excluding hydrogens is 340 g/mol. The first-order chi connectivity index (χ1) is 10.7. The Balaban J connectivity index is 1.90. The standard InChI is InChI=1S/C14H26N2O5S2/c1-22(18,19)16(13-8-10-23(20,21)11-13)9-7-14(17)15-12-5-3-2-4-6-12/h12-13H,2-11H2,1H3,(H,15,17). The molecule has 1 atom stereocenters. The molecule has 0 bridgehead atoms. The smallest absolute Gasteiger partial charge is 0.221 e. The van der Waals surface area contributed by atoms with Crippen LogP contribution in [0.2, 0.25) is 0 Å². The van der Waals surface area contributed by atoms with Gasteiger partial charge in [0.25, 0.3) is 0 Å². The van der Waals surface area contributed by atoms with Crippen LogP contribution in [0.5, 0.6) is 0 Å². The molecule has 9 heteroatoms. The molecule has 1 heterocycles. The molecule has 1 aliphatic carbocycles. The zero-order chi connectivity index (χ0) is 17.1. The Bertz CT molecular complexity index is 624. The van der Waals surface area contributed by atoms with E-state index in [-0.39, 0.29) is 36.4 Å². The van der Waals surface area contributed by atoms with E-state index in [9.17, 15) is 21.6 Å². The van der Waals surface area contributed by atoms with Crippen molar-refractivity contribution in [2.75, 3.05) is 24.3 Å². The van der Waals surface area contributed by atoms with Crippen LogP contribution in [-0.2, 0) is 24.7 Å². The average Bonchev–Trinajstić information content (AvgIpc) is 2.78. The number of carbonyl (C=O) groups excluding carboxylic acids is 1. The zero-order valence-electron chi connectivity index (χ0n) is 13.5. The summed E-state index contributed by atoms with van der Waals surface area (Å²) in [6.07, 6.45) is 6.81. The van der Waals surface area contributed by atoms with E-state index >= 15 is 0 Å². The zero-order valence-corrected chi connectivity index (χ0v) is 15.2. The first kappa shape index (κ1) is 18.7. The van der Waals surface area contributed by atoms with E-state index in [0.29, 0.717) is 6.42 Å². The monoisotopic (exact) mass is 366 g/mol.